The molecule has 1 unspecified atom stereocenters. The summed E-state index contributed by atoms with van der Waals surface area (Å²) < 4.78 is 0. The number of nitrogens with zero attached hydrogens (tertiary/aromatic N) is 2. The number of aromatic nitrogens is 1. The molecule has 1 aromatic carbocycles. The van der Waals surface area contributed by atoms with Crippen LogP contribution in [0.2, 0.25) is 0 Å². The minimum Gasteiger partial charge on any atom is -0.385 e. The number of carbonyl (C=O) groups excluding carboxylic acids is 1. The number of amides is 1. The van der Waals surface area contributed by atoms with Crippen LogP contribution in [-0.2, 0) is 5.60 Å². The van der Waals surface area contributed by atoms with Crippen molar-refractivity contribution in [3.05, 3.63) is 51.5 Å². The number of fused-ring (bicyclic) bond motifs is 1. The molecule has 0 spiro atoms. The second-order valence-corrected chi connectivity index (χ2v) is 8.85. The molecule has 1 N–H and O–H groups in total. The number of aryl methyl sites for hydroxylation is 2. The van der Waals surface area contributed by atoms with Crippen LogP contribution in [0.3, 0.4) is 0 Å². The van der Waals surface area contributed by atoms with Crippen LogP contribution in [0.4, 0.5) is 0 Å². The van der Waals surface area contributed by atoms with E-state index in [0.717, 1.165) is 46.8 Å². The Morgan fingerprint density at radius 3 is 2.65 bits per heavy atom. The van der Waals surface area contributed by atoms with Gasteiger partial charge in [0.15, 0.2) is 0 Å². The molecule has 1 saturated carbocycles. The first-order valence-corrected chi connectivity index (χ1v) is 10.4. The highest BCUT2D eigenvalue weighted by molar-refractivity contribution is 7.13. The molecule has 1 aliphatic heterocycles. The molecule has 2 aromatic rings. The molecule has 2 aliphatic rings. The lowest BCUT2D eigenvalue weighted by atomic mass is 9.66. The Kier molecular flexibility index (Phi) is 4.61. The number of likely N-dealkylation sites (tertiary alicyclic amines) is 1. The van der Waals surface area contributed by atoms with Gasteiger partial charge < -0.3 is 10.0 Å². The van der Waals surface area contributed by atoms with E-state index < -0.39 is 5.60 Å². The molecule has 26 heavy (non-hydrogen) atoms. The lowest BCUT2D eigenvalue weighted by Gasteiger charge is -2.52. The third kappa shape index (κ3) is 2.87. The summed E-state index contributed by atoms with van der Waals surface area (Å²) in [7, 11) is 0. The zero-order valence-corrected chi connectivity index (χ0v) is 16.3. The molecule has 1 aromatic heterocycles. The van der Waals surface area contributed by atoms with Crippen molar-refractivity contribution >= 4 is 17.2 Å². The maximum atomic E-state index is 13.3. The summed E-state index contributed by atoms with van der Waals surface area (Å²) in [6.07, 6.45) is 4.79. The van der Waals surface area contributed by atoms with Crippen molar-refractivity contribution in [3.63, 3.8) is 0 Å². The number of benzene rings is 1. The quantitative estimate of drug-likeness (QED) is 0.868. The Labute approximate surface area is 158 Å². The van der Waals surface area contributed by atoms with Crippen molar-refractivity contribution in [3.8, 4) is 0 Å². The van der Waals surface area contributed by atoms with E-state index in [9.17, 15) is 9.90 Å². The molecule has 0 radical (unpaired) electrons. The molecular weight excluding hydrogens is 344 g/mol. The van der Waals surface area contributed by atoms with Gasteiger partial charge in [-0.1, -0.05) is 43.2 Å². The van der Waals surface area contributed by atoms with Gasteiger partial charge in [0.25, 0.3) is 5.91 Å². The van der Waals surface area contributed by atoms with E-state index in [4.69, 9.17) is 0 Å². The standard InChI is InChI=1S/C21H26N2O2S/c1-14-19(26-15(2)22-14)20(24)23-13-12-21(25,16-8-4-3-5-9-16)17-10-6-7-11-18(17)23/h3-5,8-9,17-18,25H,6-7,10-13H2,1-2H3/t17-,18?,21-/m1/s1. The lowest BCUT2D eigenvalue weighted by molar-refractivity contribution is -0.110. The van der Waals surface area contributed by atoms with Gasteiger partial charge in [-0.15, -0.1) is 11.3 Å². The van der Waals surface area contributed by atoms with Crippen LogP contribution < -0.4 is 0 Å². The van der Waals surface area contributed by atoms with Crippen LogP contribution in [0.15, 0.2) is 30.3 Å². The van der Waals surface area contributed by atoms with Crippen molar-refractivity contribution < 1.29 is 9.90 Å². The smallest absolute Gasteiger partial charge is 0.266 e. The zero-order chi connectivity index (χ0) is 18.3. The van der Waals surface area contributed by atoms with Gasteiger partial charge in [-0.05, 0) is 38.7 Å². The first-order valence-electron chi connectivity index (χ1n) is 9.53. The van der Waals surface area contributed by atoms with Crippen LogP contribution in [0, 0.1) is 19.8 Å². The second-order valence-electron chi connectivity index (χ2n) is 7.64. The lowest BCUT2D eigenvalue weighted by Crippen LogP contribution is -2.58. The number of piperidine rings is 1. The predicted octanol–water partition coefficient (Wildman–Crippen LogP) is 4.05. The minimum atomic E-state index is -0.832. The van der Waals surface area contributed by atoms with Gasteiger partial charge in [0.2, 0.25) is 0 Å². The molecule has 138 valence electrons. The summed E-state index contributed by atoms with van der Waals surface area (Å²) in [5, 5.41) is 12.6. The van der Waals surface area contributed by atoms with Gasteiger partial charge in [0.1, 0.15) is 4.88 Å². The SMILES string of the molecule is Cc1nc(C)c(C(=O)N2CC[C@@](O)(c3ccccc3)[C@@H]3CCCCC32)s1. The van der Waals surface area contributed by atoms with Crippen molar-refractivity contribution in [1.82, 2.24) is 9.88 Å². The fourth-order valence-electron chi connectivity index (χ4n) is 4.88. The normalized spacial score (nSPS) is 28.7. The van der Waals surface area contributed by atoms with E-state index in [1.807, 2.05) is 49.1 Å². The molecule has 1 amide bonds. The van der Waals surface area contributed by atoms with Gasteiger partial charge in [0.05, 0.1) is 16.3 Å². The summed E-state index contributed by atoms with van der Waals surface area (Å²) in [4.78, 5) is 20.5. The molecular formula is C21H26N2O2S. The molecule has 0 bridgehead atoms. The Bertz CT molecular complexity index is 804. The second kappa shape index (κ2) is 6.78. The molecule has 2 heterocycles. The Morgan fingerprint density at radius 2 is 1.96 bits per heavy atom. The Hall–Kier alpha value is -1.72. The Balaban J connectivity index is 1.67. The van der Waals surface area contributed by atoms with E-state index in [1.165, 1.54) is 11.3 Å². The van der Waals surface area contributed by atoms with Crippen LogP contribution >= 0.6 is 11.3 Å². The zero-order valence-electron chi connectivity index (χ0n) is 15.4. The molecule has 1 aliphatic carbocycles. The third-order valence-electron chi connectivity index (χ3n) is 6.11. The number of hydrogen-bond donors (Lipinski definition) is 1. The fraction of sp³-hybridized carbons (Fsp3) is 0.524. The molecule has 2 fully saturated rings. The number of thiazole rings is 1. The summed E-state index contributed by atoms with van der Waals surface area (Å²) in [5.41, 5.74) is 0.990. The highest BCUT2D eigenvalue weighted by atomic mass is 32.1. The van der Waals surface area contributed by atoms with Gasteiger partial charge in [-0.2, -0.15) is 0 Å². The molecule has 1 saturated heterocycles. The first kappa shape index (κ1) is 17.7. The highest BCUT2D eigenvalue weighted by Gasteiger charge is 2.50. The maximum absolute atomic E-state index is 13.3. The van der Waals surface area contributed by atoms with Crippen molar-refractivity contribution in [1.29, 1.82) is 0 Å². The molecule has 4 rings (SSSR count). The minimum absolute atomic E-state index is 0.0973. The molecule has 4 nitrogen and oxygen atoms in total. The number of aliphatic hydroxyl groups is 1. The topological polar surface area (TPSA) is 53.4 Å². The number of hydrogen-bond acceptors (Lipinski definition) is 4. The van der Waals surface area contributed by atoms with Gasteiger partial charge in [0, 0.05) is 18.5 Å². The van der Waals surface area contributed by atoms with Crippen molar-refractivity contribution in [2.75, 3.05) is 6.54 Å². The van der Waals surface area contributed by atoms with Crippen LogP contribution in [0.25, 0.3) is 0 Å². The largest absolute Gasteiger partial charge is 0.385 e. The van der Waals surface area contributed by atoms with Gasteiger partial charge in [-0.25, -0.2) is 4.98 Å². The van der Waals surface area contributed by atoms with Crippen LogP contribution in [0.1, 0.15) is 58.0 Å². The predicted molar refractivity (Wildman–Crippen MR) is 103 cm³/mol. The average Bonchev–Trinajstić information content (AvgIpc) is 3.01. The van der Waals surface area contributed by atoms with Crippen LogP contribution in [0.5, 0.6) is 0 Å². The summed E-state index contributed by atoms with van der Waals surface area (Å²) in [6.45, 7) is 4.46. The van der Waals surface area contributed by atoms with E-state index >= 15 is 0 Å². The van der Waals surface area contributed by atoms with E-state index in [2.05, 4.69) is 4.98 Å². The van der Waals surface area contributed by atoms with Crippen molar-refractivity contribution in [2.45, 2.75) is 57.6 Å². The van der Waals surface area contributed by atoms with Gasteiger partial charge in [-0.3, -0.25) is 4.79 Å². The molecule has 5 heteroatoms. The van der Waals surface area contributed by atoms with Gasteiger partial charge >= 0.3 is 0 Å². The Morgan fingerprint density at radius 1 is 1.23 bits per heavy atom. The summed E-state index contributed by atoms with van der Waals surface area (Å²) in [6, 6.07) is 10.1. The summed E-state index contributed by atoms with van der Waals surface area (Å²) >= 11 is 1.49. The monoisotopic (exact) mass is 370 g/mol. The van der Waals surface area contributed by atoms with E-state index in [0.29, 0.717) is 13.0 Å². The maximum Gasteiger partial charge on any atom is 0.266 e. The number of rotatable bonds is 2. The van der Waals surface area contributed by atoms with E-state index in [1.54, 1.807) is 0 Å². The van der Waals surface area contributed by atoms with E-state index in [-0.39, 0.29) is 17.9 Å². The van der Waals surface area contributed by atoms with Crippen LogP contribution in [-0.4, -0.2) is 33.5 Å². The molecule has 3 atom stereocenters. The average molecular weight is 371 g/mol. The first-order chi connectivity index (χ1) is 12.5. The highest BCUT2D eigenvalue weighted by Crippen LogP contribution is 2.47. The third-order valence-corrected chi connectivity index (χ3v) is 7.17. The van der Waals surface area contributed by atoms with Crippen molar-refractivity contribution in [2.24, 2.45) is 5.92 Å². The fourth-order valence-corrected chi connectivity index (χ4v) is 5.76. The number of carbonyl (C=O) groups is 1. The summed E-state index contributed by atoms with van der Waals surface area (Å²) in [5.74, 6) is 0.200.